The van der Waals surface area contributed by atoms with E-state index in [-0.39, 0.29) is 17.7 Å². The maximum absolute atomic E-state index is 12.4. The van der Waals surface area contributed by atoms with E-state index in [1.54, 1.807) is 4.90 Å². The maximum Gasteiger partial charge on any atom is 0.245 e. The first-order valence-corrected chi connectivity index (χ1v) is 6.71. The van der Waals surface area contributed by atoms with Gasteiger partial charge in [-0.2, -0.15) is 0 Å². The molecule has 2 fully saturated rings. The van der Waals surface area contributed by atoms with Gasteiger partial charge in [-0.3, -0.25) is 14.4 Å². The summed E-state index contributed by atoms with van der Waals surface area (Å²) in [4.78, 5) is 37.1. The van der Waals surface area contributed by atoms with E-state index in [9.17, 15) is 14.4 Å². The Balaban J connectivity index is 2.04. The Labute approximate surface area is 112 Å². The van der Waals surface area contributed by atoms with Crippen molar-refractivity contribution in [1.82, 2.24) is 20.9 Å². The van der Waals surface area contributed by atoms with Gasteiger partial charge in [-0.05, 0) is 13.3 Å². The van der Waals surface area contributed by atoms with E-state index in [4.69, 9.17) is 0 Å². The fraction of sp³-hybridized carbons (Fsp3) is 0.750. The highest BCUT2D eigenvalue weighted by Crippen LogP contribution is 2.13. The summed E-state index contributed by atoms with van der Waals surface area (Å²) in [6.07, 6.45) is 0.901. The molecule has 0 radical (unpaired) electrons. The SMILES string of the molecule is CCNC(=O)C1CNCCN1C(=O)[C@H]1CCC(=O)N1. The molecule has 0 spiro atoms. The van der Waals surface area contributed by atoms with Gasteiger partial charge in [-0.25, -0.2) is 0 Å². The second-order valence-corrected chi connectivity index (χ2v) is 4.80. The van der Waals surface area contributed by atoms with Crippen molar-refractivity contribution in [2.24, 2.45) is 0 Å². The van der Waals surface area contributed by atoms with Gasteiger partial charge < -0.3 is 20.9 Å². The summed E-state index contributed by atoms with van der Waals surface area (Å²) in [5, 5.41) is 8.52. The van der Waals surface area contributed by atoms with Crippen molar-refractivity contribution in [2.45, 2.75) is 31.8 Å². The molecule has 7 nitrogen and oxygen atoms in total. The van der Waals surface area contributed by atoms with Crippen molar-refractivity contribution in [3.63, 3.8) is 0 Å². The molecule has 2 atom stereocenters. The predicted molar refractivity (Wildman–Crippen MR) is 68.2 cm³/mol. The topological polar surface area (TPSA) is 90.5 Å². The van der Waals surface area contributed by atoms with Gasteiger partial charge in [0.25, 0.3) is 0 Å². The third-order valence-electron chi connectivity index (χ3n) is 3.47. The van der Waals surface area contributed by atoms with Crippen LogP contribution >= 0.6 is 0 Å². The molecule has 106 valence electrons. The molecule has 2 heterocycles. The Kier molecular flexibility index (Phi) is 4.36. The largest absolute Gasteiger partial charge is 0.355 e. The standard InChI is InChI=1S/C12H20N4O3/c1-2-14-11(18)9-7-13-5-6-16(9)12(19)8-3-4-10(17)15-8/h8-9,13H,2-7H2,1H3,(H,14,18)(H,15,17)/t8-,9?/m1/s1. The molecule has 1 unspecified atom stereocenters. The average molecular weight is 268 g/mol. The number of amides is 3. The van der Waals surface area contributed by atoms with Crippen LogP contribution in [0.5, 0.6) is 0 Å². The predicted octanol–water partition coefficient (Wildman–Crippen LogP) is -1.80. The summed E-state index contributed by atoms with van der Waals surface area (Å²) in [5.74, 6) is -0.390. The van der Waals surface area contributed by atoms with Crippen LogP contribution in [0.2, 0.25) is 0 Å². The Bertz CT molecular complexity index is 385. The minimum Gasteiger partial charge on any atom is -0.355 e. The number of likely N-dealkylation sites (N-methyl/N-ethyl adjacent to an activating group) is 1. The molecule has 2 saturated heterocycles. The Morgan fingerprint density at radius 1 is 1.47 bits per heavy atom. The van der Waals surface area contributed by atoms with Crippen molar-refractivity contribution in [2.75, 3.05) is 26.2 Å². The normalized spacial score (nSPS) is 27.0. The monoisotopic (exact) mass is 268 g/mol. The number of carbonyl (C=O) groups is 3. The molecule has 0 saturated carbocycles. The summed E-state index contributed by atoms with van der Waals surface area (Å²) >= 11 is 0. The van der Waals surface area contributed by atoms with Crippen LogP contribution < -0.4 is 16.0 Å². The minimum absolute atomic E-state index is 0.0944. The highest BCUT2D eigenvalue weighted by atomic mass is 16.2. The number of hydrogen-bond donors (Lipinski definition) is 3. The summed E-state index contributed by atoms with van der Waals surface area (Å²) in [6, 6.07) is -0.957. The second kappa shape index (κ2) is 6.01. The summed E-state index contributed by atoms with van der Waals surface area (Å²) in [7, 11) is 0. The van der Waals surface area contributed by atoms with Crippen LogP contribution in [0.15, 0.2) is 0 Å². The van der Waals surface area contributed by atoms with E-state index in [1.165, 1.54) is 0 Å². The fourth-order valence-corrected chi connectivity index (χ4v) is 2.49. The lowest BCUT2D eigenvalue weighted by Crippen LogP contribution is -2.62. The first-order valence-electron chi connectivity index (χ1n) is 6.71. The van der Waals surface area contributed by atoms with Crippen molar-refractivity contribution < 1.29 is 14.4 Å². The van der Waals surface area contributed by atoms with E-state index in [1.807, 2.05) is 6.92 Å². The minimum atomic E-state index is -0.487. The number of nitrogens with one attached hydrogen (secondary N) is 3. The summed E-state index contributed by atoms with van der Waals surface area (Å²) < 4.78 is 0. The molecule has 0 aromatic rings. The van der Waals surface area contributed by atoms with Gasteiger partial charge in [0, 0.05) is 32.6 Å². The molecular weight excluding hydrogens is 248 g/mol. The molecule has 0 aromatic carbocycles. The second-order valence-electron chi connectivity index (χ2n) is 4.80. The van der Waals surface area contributed by atoms with E-state index in [2.05, 4.69) is 16.0 Å². The number of carbonyl (C=O) groups excluding carboxylic acids is 3. The zero-order valence-corrected chi connectivity index (χ0v) is 11.1. The molecule has 0 aliphatic carbocycles. The lowest BCUT2D eigenvalue weighted by Gasteiger charge is -2.36. The first kappa shape index (κ1) is 13.8. The smallest absolute Gasteiger partial charge is 0.245 e. The van der Waals surface area contributed by atoms with Crippen LogP contribution in [-0.4, -0.2) is 60.9 Å². The van der Waals surface area contributed by atoms with Crippen LogP contribution in [0.3, 0.4) is 0 Å². The molecule has 0 aromatic heterocycles. The quantitative estimate of drug-likeness (QED) is 0.563. The lowest BCUT2D eigenvalue weighted by molar-refractivity contribution is -0.143. The Morgan fingerprint density at radius 3 is 2.89 bits per heavy atom. The van der Waals surface area contributed by atoms with Crippen LogP contribution in [0.25, 0.3) is 0 Å². The van der Waals surface area contributed by atoms with Gasteiger partial charge >= 0.3 is 0 Å². The van der Waals surface area contributed by atoms with E-state index < -0.39 is 12.1 Å². The van der Waals surface area contributed by atoms with Gasteiger partial charge in [0.15, 0.2) is 0 Å². The van der Waals surface area contributed by atoms with Crippen LogP contribution in [-0.2, 0) is 14.4 Å². The van der Waals surface area contributed by atoms with Gasteiger partial charge in [0.05, 0.1) is 0 Å². The number of hydrogen-bond acceptors (Lipinski definition) is 4. The average Bonchev–Trinajstić information content (AvgIpc) is 2.85. The Hall–Kier alpha value is -1.63. The summed E-state index contributed by atoms with van der Waals surface area (Å²) in [5.41, 5.74) is 0. The third kappa shape index (κ3) is 3.04. The fourth-order valence-electron chi connectivity index (χ4n) is 2.49. The van der Waals surface area contributed by atoms with Gasteiger partial charge in [-0.15, -0.1) is 0 Å². The molecule has 2 rings (SSSR count). The molecule has 19 heavy (non-hydrogen) atoms. The van der Waals surface area contributed by atoms with Gasteiger partial charge in [0.1, 0.15) is 12.1 Å². The molecule has 2 aliphatic heterocycles. The summed E-state index contributed by atoms with van der Waals surface area (Å²) in [6.45, 7) is 4.00. The molecule has 7 heteroatoms. The number of rotatable bonds is 3. The van der Waals surface area contributed by atoms with Gasteiger partial charge in [-0.1, -0.05) is 0 Å². The van der Waals surface area contributed by atoms with E-state index in [0.29, 0.717) is 39.0 Å². The number of piperazine rings is 1. The maximum atomic E-state index is 12.4. The zero-order chi connectivity index (χ0) is 13.8. The lowest BCUT2D eigenvalue weighted by atomic mass is 10.1. The molecular formula is C12H20N4O3. The van der Waals surface area contributed by atoms with Crippen molar-refractivity contribution in [1.29, 1.82) is 0 Å². The van der Waals surface area contributed by atoms with Crippen LogP contribution in [0, 0.1) is 0 Å². The van der Waals surface area contributed by atoms with Crippen molar-refractivity contribution in [3.05, 3.63) is 0 Å². The van der Waals surface area contributed by atoms with Crippen molar-refractivity contribution in [3.8, 4) is 0 Å². The molecule has 3 amide bonds. The van der Waals surface area contributed by atoms with Crippen molar-refractivity contribution >= 4 is 17.7 Å². The molecule has 3 N–H and O–H groups in total. The Morgan fingerprint density at radius 2 is 2.26 bits per heavy atom. The highest BCUT2D eigenvalue weighted by Gasteiger charge is 2.37. The zero-order valence-electron chi connectivity index (χ0n) is 11.1. The van der Waals surface area contributed by atoms with E-state index in [0.717, 1.165) is 0 Å². The molecule has 2 aliphatic rings. The first-order chi connectivity index (χ1) is 9.13. The van der Waals surface area contributed by atoms with Crippen LogP contribution in [0.4, 0.5) is 0 Å². The number of nitrogens with zero attached hydrogens (tertiary/aromatic N) is 1. The van der Waals surface area contributed by atoms with Crippen LogP contribution in [0.1, 0.15) is 19.8 Å². The van der Waals surface area contributed by atoms with Gasteiger partial charge in [0.2, 0.25) is 17.7 Å². The highest BCUT2D eigenvalue weighted by molar-refractivity contribution is 5.94. The van der Waals surface area contributed by atoms with E-state index >= 15 is 0 Å². The third-order valence-corrected chi connectivity index (χ3v) is 3.47. The molecule has 0 bridgehead atoms.